The number of ether oxygens (including phenoxy) is 1. The van der Waals surface area contributed by atoms with Gasteiger partial charge < -0.3 is 4.74 Å². The summed E-state index contributed by atoms with van der Waals surface area (Å²) in [6, 6.07) is 8.43. The highest BCUT2D eigenvalue weighted by Crippen LogP contribution is 2.40. The number of hydrogen-bond donors (Lipinski definition) is 0. The van der Waals surface area contributed by atoms with Gasteiger partial charge in [0, 0.05) is 6.07 Å². The molecule has 0 aliphatic carbocycles. The molecular formula is C12H8INO4S. The number of ketones is 1. The lowest BCUT2D eigenvalue weighted by Crippen LogP contribution is -1.90. The number of Topliss-reactive ketones (excluding diaryl/α,β-unsaturated/α-hetero) is 1. The van der Waals surface area contributed by atoms with Crippen LogP contribution < -0.4 is 4.74 Å². The molecule has 7 heteroatoms. The molecule has 0 aliphatic rings. The molecule has 2 aromatic rings. The Kier molecular flexibility index (Phi) is 4.15. The van der Waals surface area contributed by atoms with Crippen molar-refractivity contribution in [2.45, 2.75) is 6.92 Å². The van der Waals surface area contributed by atoms with Gasteiger partial charge in [0.1, 0.15) is 5.75 Å². The van der Waals surface area contributed by atoms with Gasteiger partial charge in [0.25, 0.3) is 5.06 Å². The number of carbonyl (C=O) groups excluding carboxylic acids is 1. The first-order valence-corrected chi connectivity index (χ1v) is 7.10. The third-order valence-electron chi connectivity index (χ3n) is 2.26. The monoisotopic (exact) mass is 389 g/mol. The summed E-state index contributed by atoms with van der Waals surface area (Å²) in [5, 5.41) is 11.1. The average molecular weight is 389 g/mol. The van der Waals surface area contributed by atoms with E-state index in [0.29, 0.717) is 10.6 Å². The fourth-order valence-electron chi connectivity index (χ4n) is 1.37. The van der Waals surface area contributed by atoms with Gasteiger partial charge in [-0.15, -0.1) is 0 Å². The first-order chi connectivity index (χ1) is 8.99. The van der Waals surface area contributed by atoms with Gasteiger partial charge in [-0.2, -0.15) is 0 Å². The highest BCUT2D eigenvalue weighted by atomic mass is 127. The molecule has 0 amide bonds. The van der Waals surface area contributed by atoms with E-state index in [0.717, 1.165) is 14.9 Å². The summed E-state index contributed by atoms with van der Waals surface area (Å²) >= 11 is 3.06. The first-order valence-electron chi connectivity index (χ1n) is 5.20. The normalized spacial score (nSPS) is 10.2. The van der Waals surface area contributed by atoms with Crippen molar-refractivity contribution in [1.82, 2.24) is 0 Å². The zero-order valence-corrected chi connectivity index (χ0v) is 12.7. The average Bonchev–Trinajstić information content (AvgIpc) is 2.76. The van der Waals surface area contributed by atoms with Gasteiger partial charge in [0.2, 0.25) is 0 Å². The third kappa shape index (κ3) is 3.10. The van der Waals surface area contributed by atoms with Crippen LogP contribution in [0.1, 0.15) is 16.6 Å². The van der Waals surface area contributed by atoms with E-state index in [1.54, 1.807) is 12.1 Å². The van der Waals surface area contributed by atoms with Gasteiger partial charge in [-0.1, -0.05) is 23.5 Å². The second-order valence-electron chi connectivity index (χ2n) is 3.63. The van der Waals surface area contributed by atoms with Crippen molar-refractivity contribution in [3.63, 3.8) is 0 Å². The van der Waals surface area contributed by atoms with Crippen molar-refractivity contribution >= 4 is 45.4 Å². The second-order valence-corrected chi connectivity index (χ2v) is 5.81. The number of carbonyl (C=O) groups is 1. The van der Waals surface area contributed by atoms with Crippen molar-refractivity contribution < 1.29 is 14.5 Å². The number of thiophene rings is 1. The minimum absolute atomic E-state index is 0.124. The molecule has 1 aromatic heterocycles. The van der Waals surface area contributed by atoms with Crippen LogP contribution in [-0.4, -0.2) is 10.7 Å². The molecule has 0 atom stereocenters. The van der Waals surface area contributed by atoms with Crippen molar-refractivity contribution in [2.24, 2.45) is 0 Å². The molecule has 0 saturated heterocycles. The van der Waals surface area contributed by atoms with Crippen LogP contribution in [-0.2, 0) is 0 Å². The molecule has 98 valence electrons. The van der Waals surface area contributed by atoms with E-state index in [4.69, 9.17) is 4.74 Å². The quantitative estimate of drug-likeness (QED) is 0.339. The SMILES string of the molecule is CC(=O)c1cc([N+](=O)[O-])c(Oc2ccccc2I)s1. The van der Waals surface area contributed by atoms with Gasteiger partial charge in [0.05, 0.1) is 13.4 Å². The van der Waals surface area contributed by atoms with Gasteiger partial charge in [-0.25, -0.2) is 0 Å². The van der Waals surface area contributed by atoms with Gasteiger partial charge in [0.15, 0.2) is 5.78 Å². The summed E-state index contributed by atoms with van der Waals surface area (Å²) in [6.07, 6.45) is 0. The molecule has 5 nitrogen and oxygen atoms in total. The number of para-hydroxylation sites is 1. The van der Waals surface area contributed by atoms with Crippen LogP contribution in [0.4, 0.5) is 5.69 Å². The summed E-state index contributed by atoms with van der Waals surface area (Å²) < 4.78 is 6.39. The minimum Gasteiger partial charge on any atom is -0.439 e. The van der Waals surface area contributed by atoms with E-state index in [9.17, 15) is 14.9 Å². The van der Waals surface area contributed by atoms with Crippen LogP contribution in [0.2, 0.25) is 0 Å². The molecule has 1 heterocycles. The Morgan fingerprint density at radius 2 is 2.11 bits per heavy atom. The van der Waals surface area contributed by atoms with E-state index >= 15 is 0 Å². The van der Waals surface area contributed by atoms with E-state index < -0.39 is 4.92 Å². The van der Waals surface area contributed by atoms with Crippen LogP contribution in [0.3, 0.4) is 0 Å². The smallest absolute Gasteiger partial charge is 0.323 e. The lowest BCUT2D eigenvalue weighted by molar-refractivity contribution is -0.385. The molecular weight excluding hydrogens is 381 g/mol. The molecule has 0 N–H and O–H groups in total. The molecule has 0 saturated carbocycles. The van der Waals surface area contributed by atoms with Crippen molar-refractivity contribution in [1.29, 1.82) is 0 Å². The van der Waals surface area contributed by atoms with Gasteiger partial charge in [-0.05, 0) is 41.6 Å². The molecule has 0 spiro atoms. The minimum atomic E-state index is -0.548. The maximum atomic E-state index is 11.3. The number of benzene rings is 1. The van der Waals surface area contributed by atoms with Crippen molar-refractivity contribution in [3.8, 4) is 10.8 Å². The Labute approximate surface area is 126 Å². The van der Waals surface area contributed by atoms with Crippen LogP contribution in [0.5, 0.6) is 10.8 Å². The first kappa shape index (κ1) is 13.9. The highest BCUT2D eigenvalue weighted by Gasteiger charge is 2.23. The Balaban J connectivity index is 2.42. The lowest BCUT2D eigenvalue weighted by atomic mass is 10.3. The second kappa shape index (κ2) is 5.66. The molecule has 0 fully saturated rings. The maximum Gasteiger partial charge on any atom is 0.323 e. The molecule has 1 aromatic carbocycles. The number of rotatable bonds is 4. The Morgan fingerprint density at radius 3 is 2.68 bits per heavy atom. The van der Waals surface area contributed by atoms with E-state index in [1.165, 1.54) is 13.0 Å². The van der Waals surface area contributed by atoms with Crippen molar-refractivity contribution in [3.05, 3.63) is 48.9 Å². The summed E-state index contributed by atoms with van der Waals surface area (Å²) in [5.41, 5.74) is -0.185. The summed E-state index contributed by atoms with van der Waals surface area (Å²) in [7, 11) is 0. The molecule has 0 bridgehead atoms. The Bertz CT molecular complexity index is 653. The predicted molar refractivity (Wildman–Crippen MR) is 80.2 cm³/mol. The third-order valence-corrected chi connectivity index (χ3v) is 4.26. The molecule has 2 rings (SSSR count). The predicted octanol–water partition coefficient (Wildman–Crippen LogP) is 4.26. The zero-order valence-electron chi connectivity index (χ0n) is 9.75. The molecule has 0 aliphatic heterocycles. The fourth-order valence-corrected chi connectivity index (χ4v) is 2.75. The summed E-state index contributed by atoms with van der Waals surface area (Å²) in [4.78, 5) is 22.0. The largest absolute Gasteiger partial charge is 0.439 e. The van der Waals surface area contributed by atoms with Crippen LogP contribution in [0, 0.1) is 13.7 Å². The van der Waals surface area contributed by atoms with Crippen LogP contribution >= 0.6 is 33.9 Å². The zero-order chi connectivity index (χ0) is 14.0. The van der Waals surface area contributed by atoms with E-state index in [1.807, 2.05) is 12.1 Å². The molecule has 19 heavy (non-hydrogen) atoms. The number of nitrogens with zero attached hydrogens (tertiary/aromatic N) is 1. The highest BCUT2D eigenvalue weighted by molar-refractivity contribution is 14.1. The summed E-state index contributed by atoms with van der Waals surface area (Å²) in [6.45, 7) is 1.37. The summed E-state index contributed by atoms with van der Waals surface area (Å²) in [5.74, 6) is 0.314. The van der Waals surface area contributed by atoms with Crippen LogP contribution in [0.25, 0.3) is 0 Å². The number of halogens is 1. The lowest BCUT2D eigenvalue weighted by Gasteiger charge is -2.04. The fraction of sp³-hybridized carbons (Fsp3) is 0.0833. The van der Waals surface area contributed by atoms with E-state index in [-0.39, 0.29) is 16.5 Å². The van der Waals surface area contributed by atoms with Gasteiger partial charge >= 0.3 is 5.69 Å². The number of nitro groups is 1. The van der Waals surface area contributed by atoms with Crippen molar-refractivity contribution in [2.75, 3.05) is 0 Å². The standard InChI is InChI=1S/C12H8INO4S/c1-7(15)11-6-9(14(16)17)12(19-11)18-10-5-3-2-4-8(10)13/h2-6H,1H3. The van der Waals surface area contributed by atoms with Crippen LogP contribution in [0.15, 0.2) is 30.3 Å². The maximum absolute atomic E-state index is 11.3. The van der Waals surface area contributed by atoms with Gasteiger partial charge in [-0.3, -0.25) is 14.9 Å². The Morgan fingerprint density at radius 1 is 1.42 bits per heavy atom. The Hall–Kier alpha value is -1.48. The van der Waals surface area contributed by atoms with E-state index in [2.05, 4.69) is 22.6 Å². The topological polar surface area (TPSA) is 69.4 Å². The molecule has 0 radical (unpaired) electrons. The number of hydrogen-bond acceptors (Lipinski definition) is 5. The molecule has 0 unspecified atom stereocenters.